The maximum atomic E-state index is 12.8. The Morgan fingerprint density at radius 3 is 2.65 bits per heavy atom. The fourth-order valence-electron chi connectivity index (χ4n) is 4.65. The molecule has 2 aliphatic rings. The summed E-state index contributed by atoms with van der Waals surface area (Å²) in [6, 6.07) is 15.3. The molecule has 0 aliphatic carbocycles. The van der Waals surface area contributed by atoms with Gasteiger partial charge in [0.05, 0.1) is 7.11 Å². The van der Waals surface area contributed by atoms with Gasteiger partial charge in [-0.15, -0.1) is 10.2 Å². The van der Waals surface area contributed by atoms with Gasteiger partial charge in [0.2, 0.25) is 5.82 Å². The normalized spacial score (nSPS) is 20.2. The van der Waals surface area contributed by atoms with E-state index < -0.39 is 0 Å². The van der Waals surface area contributed by atoms with Crippen LogP contribution in [0.5, 0.6) is 5.75 Å². The van der Waals surface area contributed by atoms with Crippen LogP contribution in [0, 0.1) is 11.8 Å². The second kappa shape index (κ2) is 8.32. The molecule has 3 heterocycles. The van der Waals surface area contributed by atoms with Crippen molar-refractivity contribution in [2.45, 2.75) is 19.5 Å². The number of nitrogens with one attached hydrogen (secondary N) is 1. The summed E-state index contributed by atoms with van der Waals surface area (Å²) in [5.41, 5.74) is 1.85. The van der Waals surface area contributed by atoms with Gasteiger partial charge in [0.25, 0.3) is 5.91 Å². The van der Waals surface area contributed by atoms with Crippen molar-refractivity contribution in [3.05, 3.63) is 70.8 Å². The zero-order chi connectivity index (χ0) is 21.4. The second-order valence-corrected chi connectivity index (χ2v) is 8.65. The molecule has 3 aromatic rings. The SMILES string of the molecule is COc1ccc(NC(=O)c2nnc3n2C[C@@H]2CN(Cc4ccccc4Cl)C[C@H]2C3)cc1. The number of nitrogens with zero attached hydrogens (tertiary/aromatic N) is 4. The molecular weight excluding hydrogens is 414 g/mol. The third-order valence-corrected chi connectivity index (χ3v) is 6.61. The number of fused-ring (bicyclic) bond motifs is 2. The largest absolute Gasteiger partial charge is 0.497 e. The molecule has 1 N–H and O–H groups in total. The fourth-order valence-corrected chi connectivity index (χ4v) is 4.84. The van der Waals surface area contributed by atoms with Crippen molar-refractivity contribution in [3.8, 4) is 5.75 Å². The number of anilines is 1. The molecule has 8 heteroatoms. The Kier molecular flexibility index (Phi) is 5.38. The predicted molar refractivity (Wildman–Crippen MR) is 118 cm³/mol. The van der Waals surface area contributed by atoms with Crippen LogP contribution in [0.15, 0.2) is 48.5 Å². The lowest BCUT2D eigenvalue weighted by Gasteiger charge is -2.25. The fraction of sp³-hybridized carbons (Fsp3) is 0.348. The summed E-state index contributed by atoms with van der Waals surface area (Å²) >= 11 is 6.35. The summed E-state index contributed by atoms with van der Waals surface area (Å²) in [5, 5.41) is 12.2. The van der Waals surface area contributed by atoms with Crippen LogP contribution in [-0.4, -0.2) is 45.8 Å². The number of hydrogen-bond donors (Lipinski definition) is 1. The van der Waals surface area contributed by atoms with Gasteiger partial charge in [0.1, 0.15) is 11.6 Å². The molecule has 1 fully saturated rings. The Balaban J connectivity index is 1.27. The number of halogens is 1. The molecule has 2 aliphatic heterocycles. The maximum Gasteiger partial charge on any atom is 0.293 e. The highest BCUT2D eigenvalue weighted by atomic mass is 35.5. The van der Waals surface area contributed by atoms with E-state index in [1.54, 1.807) is 7.11 Å². The van der Waals surface area contributed by atoms with Gasteiger partial charge < -0.3 is 14.6 Å². The van der Waals surface area contributed by atoms with Gasteiger partial charge in [-0.25, -0.2) is 0 Å². The van der Waals surface area contributed by atoms with E-state index in [0.29, 0.717) is 23.3 Å². The lowest BCUT2D eigenvalue weighted by molar-refractivity contribution is 0.100. The predicted octanol–water partition coefficient (Wildman–Crippen LogP) is 3.50. The van der Waals surface area contributed by atoms with Crippen molar-refractivity contribution in [3.63, 3.8) is 0 Å². The number of amides is 1. The summed E-state index contributed by atoms with van der Waals surface area (Å²) in [7, 11) is 1.61. The first kappa shape index (κ1) is 20.0. The Labute approximate surface area is 186 Å². The topological polar surface area (TPSA) is 72.3 Å². The lowest BCUT2D eigenvalue weighted by atomic mass is 9.89. The molecule has 0 spiro atoms. The monoisotopic (exact) mass is 437 g/mol. The number of methoxy groups -OCH3 is 1. The molecule has 31 heavy (non-hydrogen) atoms. The van der Waals surface area contributed by atoms with Gasteiger partial charge in [-0.1, -0.05) is 29.8 Å². The van der Waals surface area contributed by atoms with Gasteiger partial charge in [-0.05, 0) is 47.7 Å². The molecule has 1 saturated heterocycles. The summed E-state index contributed by atoms with van der Waals surface area (Å²) in [6.07, 6.45) is 0.840. The van der Waals surface area contributed by atoms with Gasteiger partial charge in [0, 0.05) is 43.3 Å². The van der Waals surface area contributed by atoms with E-state index in [-0.39, 0.29) is 5.91 Å². The quantitative estimate of drug-likeness (QED) is 0.661. The maximum absolute atomic E-state index is 12.8. The van der Waals surface area contributed by atoms with E-state index in [1.165, 1.54) is 0 Å². The van der Waals surface area contributed by atoms with Crippen LogP contribution < -0.4 is 10.1 Å². The van der Waals surface area contributed by atoms with Crippen molar-refractivity contribution in [1.82, 2.24) is 19.7 Å². The summed E-state index contributed by atoms with van der Waals surface area (Å²) in [6.45, 7) is 3.60. The average molecular weight is 438 g/mol. The number of carbonyl (C=O) groups excluding carboxylic acids is 1. The summed E-state index contributed by atoms with van der Waals surface area (Å²) in [4.78, 5) is 15.3. The standard InChI is InChI=1S/C23H24ClN5O2/c1-31-19-8-6-18(7-9-19)25-23(30)22-27-26-21-10-16-12-28(13-17(16)14-29(21)22)11-15-4-2-3-5-20(15)24/h2-9,16-17H,10-14H2,1H3,(H,25,30)/t16-,17+/m1/s1. The Hall–Kier alpha value is -2.90. The van der Waals surface area contributed by atoms with Crippen molar-refractivity contribution in [2.24, 2.45) is 11.8 Å². The number of benzene rings is 2. The van der Waals surface area contributed by atoms with Crippen molar-refractivity contribution in [1.29, 1.82) is 0 Å². The number of ether oxygens (including phenoxy) is 1. The van der Waals surface area contributed by atoms with E-state index in [9.17, 15) is 4.79 Å². The van der Waals surface area contributed by atoms with Crippen LogP contribution in [0.1, 0.15) is 22.0 Å². The van der Waals surface area contributed by atoms with E-state index >= 15 is 0 Å². The third-order valence-electron chi connectivity index (χ3n) is 6.24. The van der Waals surface area contributed by atoms with E-state index in [0.717, 1.165) is 54.8 Å². The first-order valence-electron chi connectivity index (χ1n) is 10.4. The van der Waals surface area contributed by atoms with Crippen molar-refractivity contribution in [2.75, 3.05) is 25.5 Å². The summed E-state index contributed by atoms with van der Waals surface area (Å²) in [5.74, 6) is 2.75. The zero-order valence-electron chi connectivity index (χ0n) is 17.3. The molecule has 1 amide bonds. The highest BCUT2D eigenvalue weighted by Crippen LogP contribution is 2.34. The molecule has 0 radical (unpaired) electrons. The molecule has 7 nitrogen and oxygen atoms in total. The van der Waals surface area contributed by atoms with Crippen molar-refractivity contribution < 1.29 is 9.53 Å². The van der Waals surface area contributed by atoms with Crippen LogP contribution in [0.2, 0.25) is 5.02 Å². The van der Waals surface area contributed by atoms with E-state index in [2.05, 4.69) is 26.5 Å². The van der Waals surface area contributed by atoms with Crippen LogP contribution in [0.3, 0.4) is 0 Å². The second-order valence-electron chi connectivity index (χ2n) is 8.24. The van der Waals surface area contributed by atoms with Gasteiger partial charge in [-0.2, -0.15) is 0 Å². The van der Waals surface area contributed by atoms with Gasteiger partial charge in [0.15, 0.2) is 0 Å². The first-order valence-corrected chi connectivity index (χ1v) is 10.8. The van der Waals surface area contributed by atoms with E-state index in [1.807, 2.05) is 47.0 Å². The smallest absolute Gasteiger partial charge is 0.293 e. The number of rotatable bonds is 5. The molecule has 2 aromatic carbocycles. The number of likely N-dealkylation sites (tertiary alicyclic amines) is 1. The van der Waals surface area contributed by atoms with Gasteiger partial charge in [-0.3, -0.25) is 9.69 Å². The minimum Gasteiger partial charge on any atom is -0.497 e. The third kappa shape index (κ3) is 4.03. The molecule has 0 unspecified atom stereocenters. The number of hydrogen-bond acceptors (Lipinski definition) is 5. The molecule has 1 aromatic heterocycles. The molecule has 0 bridgehead atoms. The molecule has 160 valence electrons. The van der Waals surface area contributed by atoms with Crippen LogP contribution in [-0.2, 0) is 19.5 Å². The highest BCUT2D eigenvalue weighted by molar-refractivity contribution is 6.31. The van der Waals surface area contributed by atoms with Crippen LogP contribution in [0.4, 0.5) is 5.69 Å². The molecule has 2 atom stereocenters. The molecule has 0 saturated carbocycles. The number of aromatic nitrogens is 3. The van der Waals surface area contributed by atoms with Crippen molar-refractivity contribution >= 4 is 23.2 Å². The Morgan fingerprint density at radius 2 is 1.87 bits per heavy atom. The average Bonchev–Trinajstić information content (AvgIpc) is 3.37. The minimum absolute atomic E-state index is 0.242. The van der Waals surface area contributed by atoms with Crippen LogP contribution >= 0.6 is 11.6 Å². The lowest BCUT2D eigenvalue weighted by Crippen LogP contribution is -2.31. The highest BCUT2D eigenvalue weighted by Gasteiger charge is 2.39. The Bertz CT molecular complexity index is 1100. The Morgan fingerprint density at radius 1 is 1.10 bits per heavy atom. The van der Waals surface area contributed by atoms with Gasteiger partial charge >= 0.3 is 0 Å². The van der Waals surface area contributed by atoms with E-state index in [4.69, 9.17) is 16.3 Å². The number of carbonyl (C=O) groups is 1. The first-order chi connectivity index (χ1) is 15.1. The minimum atomic E-state index is -0.242. The zero-order valence-corrected chi connectivity index (χ0v) is 18.0. The molecule has 5 rings (SSSR count). The van der Waals surface area contributed by atoms with Crippen LogP contribution in [0.25, 0.3) is 0 Å². The summed E-state index contributed by atoms with van der Waals surface area (Å²) < 4.78 is 7.15. The molecular formula is C23H24ClN5O2.